The minimum atomic E-state index is -4.52. The van der Waals surface area contributed by atoms with Gasteiger partial charge >= 0.3 is 7.82 Å². The summed E-state index contributed by atoms with van der Waals surface area (Å²) in [5.41, 5.74) is 16.7. The minimum Gasteiger partial charge on any atom is -0.384 e. The molecule has 0 aliphatic carbocycles. The molecule has 152 valence electrons. The normalized spacial score (nSPS) is 20.7. The van der Waals surface area contributed by atoms with Gasteiger partial charge in [0, 0.05) is 19.3 Å². The van der Waals surface area contributed by atoms with Crippen LogP contribution in [0.1, 0.15) is 31.9 Å². The summed E-state index contributed by atoms with van der Waals surface area (Å²) >= 11 is 0. The summed E-state index contributed by atoms with van der Waals surface area (Å²) in [5.74, 6) is 0.405. The number of hydrogen-bond acceptors (Lipinski definition) is 7. The van der Waals surface area contributed by atoms with Crippen molar-refractivity contribution in [2.75, 3.05) is 25.4 Å². The number of nitrogens with two attached hydrogens (primary N) is 3. The lowest BCUT2D eigenvalue weighted by Gasteiger charge is -2.17. The van der Waals surface area contributed by atoms with E-state index in [0.29, 0.717) is 37.4 Å². The van der Waals surface area contributed by atoms with E-state index in [-0.39, 0.29) is 18.8 Å². The van der Waals surface area contributed by atoms with Crippen LogP contribution in [0.25, 0.3) is 0 Å². The third kappa shape index (κ3) is 7.65. The molecule has 2 heterocycles. The monoisotopic (exact) mass is 403 g/mol. The Bertz CT molecular complexity index is 758. The number of nitrogen functional groups attached to an aromatic ring is 1. The van der Waals surface area contributed by atoms with Crippen LogP contribution in [-0.4, -0.2) is 51.1 Å². The average molecular weight is 403 g/mol. The summed E-state index contributed by atoms with van der Waals surface area (Å²) in [7, 11) is -4.52. The first-order chi connectivity index (χ1) is 12.7. The fourth-order valence-corrected chi connectivity index (χ4v) is 2.94. The second-order valence-electron chi connectivity index (χ2n) is 6.03. The van der Waals surface area contributed by atoms with E-state index in [9.17, 15) is 4.57 Å². The van der Waals surface area contributed by atoms with Crippen LogP contribution >= 0.6 is 7.82 Å². The number of rotatable bonds is 9. The van der Waals surface area contributed by atoms with Crippen LogP contribution < -0.4 is 22.8 Å². The quantitative estimate of drug-likeness (QED) is 0.152. The number of anilines is 1. The van der Waals surface area contributed by atoms with Crippen LogP contribution in [-0.2, 0) is 13.8 Å². The maximum atomic E-state index is 10.8. The molecule has 0 aromatic carbocycles. The smallest absolute Gasteiger partial charge is 0.384 e. The third-order valence-electron chi connectivity index (χ3n) is 3.80. The van der Waals surface area contributed by atoms with Crippen molar-refractivity contribution in [1.82, 2.24) is 9.55 Å². The molecule has 27 heavy (non-hydrogen) atoms. The number of nitrogens with zero attached hydrogens (tertiary/aromatic N) is 4. The Morgan fingerprint density at radius 2 is 2.11 bits per heavy atom. The Hall–Kier alpha value is -1.98. The number of phosphoric acid groups is 1. The van der Waals surface area contributed by atoms with Gasteiger partial charge in [-0.25, -0.2) is 4.57 Å². The van der Waals surface area contributed by atoms with E-state index in [2.05, 4.69) is 19.5 Å². The van der Waals surface area contributed by atoms with Crippen molar-refractivity contribution < 1.29 is 23.6 Å². The zero-order valence-corrected chi connectivity index (χ0v) is 15.7. The molecule has 1 aromatic rings. The van der Waals surface area contributed by atoms with E-state index in [1.54, 1.807) is 16.8 Å². The van der Waals surface area contributed by atoms with Crippen molar-refractivity contribution in [1.29, 1.82) is 0 Å². The minimum absolute atomic E-state index is 0.0675. The van der Waals surface area contributed by atoms with Gasteiger partial charge in [0.25, 0.3) is 0 Å². The predicted octanol–water partition coefficient (Wildman–Crippen LogP) is -0.793. The van der Waals surface area contributed by atoms with E-state index >= 15 is 0 Å². The van der Waals surface area contributed by atoms with E-state index < -0.39 is 13.9 Å². The largest absolute Gasteiger partial charge is 0.469 e. The number of aliphatic imine (C=N–C) groups is 1. The van der Waals surface area contributed by atoms with E-state index in [4.69, 9.17) is 31.7 Å². The van der Waals surface area contributed by atoms with E-state index in [1.807, 2.05) is 0 Å². The van der Waals surface area contributed by atoms with Crippen molar-refractivity contribution in [2.45, 2.75) is 38.0 Å². The fourth-order valence-electron chi connectivity index (χ4n) is 2.58. The molecular formula is C14H26N7O5P. The van der Waals surface area contributed by atoms with Gasteiger partial charge in [0.05, 0.1) is 12.7 Å². The number of guanidine groups is 1. The van der Waals surface area contributed by atoms with Crippen molar-refractivity contribution in [2.24, 2.45) is 21.5 Å². The molecule has 2 atom stereocenters. The molecule has 13 heteroatoms. The molecule has 0 unspecified atom stereocenters. The molecule has 0 spiro atoms. The Balaban J connectivity index is 1.98. The van der Waals surface area contributed by atoms with Gasteiger partial charge in [-0.2, -0.15) is 4.98 Å². The van der Waals surface area contributed by atoms with Crippen LogP contribution in [0, 0.1) is 0 Å². The van der Waals surface area contributed by atoms with E-state index in [1.165, 1.54) is 0 Å². The molecule has 0 bridgehead atoms. The molecular weight excluding hydrogens is 377 g/mol. The molecule has 0 saturated carbocycles. The summed E-state index contributed by atoms with van der Waals surface area (Å²) in [4.78, 5) is 30.2. The molecule has 12 nitrogen and oxygen atoms in total. The summed E-state index contributed by atoms with van der Waals surface area (Å²) < 4.78 is 22.9. The molecule has 2 rings (SSSR count). The Morgan fingerprint density at radius 1 is 1.37 bits per heavy atom. The standard InChI is InChI=1S/C14H26N7O5P/c15-11-5-8-21(12-4-3-10(26-12)9-25-27(22,23)24)14(20-11)19-7-2-1-6-18-13(16)17/h5,8,10,12H,1-4,6-7,9H2,(H2,15,19,20)(H4,16,17,18)(H2,22,23,24)/t10-,12+/m0/s1. The molecule has 1 saturated heterocycles. The highest BCUT2D eigenvalue weighted by Gasteiger charge is 2.29. The molecule has 0 amide bonds. The van der Waals surface area contributed by atoms with Gasteiger partial charge in [0.15, 0.2) is 5.96 Å². The van der Waals surface area contributed by atoms with Crippen LogP contribution in [0.5, 0.6) is 0 Å². The van der Waals surface area contributed by atoms with Gasteiger partial charge in [-0.15, -0.1) is 0 Å². The fraction of sp³-hybridized carbons (Fsp3) is 0.643. The predicted molar refractivity (Wildman–Crippen MR) is 98.1 cm³/mol. The Morgan fingerprint density at radius 3 is 2.81 bits per heavy atom. The van der Waals surface area contributed by atoms with Crippen LogP contribution in [0.2, 0.25) is 0 Å². The first-order valence-electron chi connectivity index (χ1n) is 8.50. The molecule has 1 fully saturated rings. The molecule has 1 aliphatic heterocycles. The Kier molecular flexibility index (Phi) is 7.75. The van der Waals surface area contributed by atoms with Crippen LogP contribution in [0.4, 0.5) is 5.82 Å². The maximum absolute atomic E-state index is 10.8. The zero-order chi connectivity index (χ0) is 19.9. The van der Waals surface area contributed by atoms with Crippen molar-refractivity contribution in [3.8, 4) is 0 Å². The topological polar surface area (TPSA) is 197 Å². The summed E-state index contributed by atoms with van der Waals surface area (Å²) in [6.45, 7) is 0.879. The first-order valence-corrected chi connectivity index (χ1v) is 10.0. The lowest BCUT2D eigenvalue weighted by molar-refractivity contribution is -0.0247. The van der Waals surface area contributed by atoms with Gasteiger partial charge in [-0.1, -0.05) is 0 Å². The second kappa shape index (κ2) is 9.81. The number of ether oxygens (including phenoxy) is 1. The molecule has 0 radical (unpaired) electrons. The van der Waals surface area contributed by atoms with Crippen molar-refractivity contribution >= 4 is 19.6 Å². The highest BCUT2D eigenvalue weighted by molar-refractivity contribution is 7.46. The zero-order valence-electron chi connectivity index (χ0n) is 14.8. The van der Waals surface area contributed by atoms with Gasteiger partial charge in [0.1, 0.15) is 12.0 Å². The third-order valence-corrected chi connectivity index (χ3v) is 4.29. The number of hydrogen-bond donors (Lipinski definition) is 5. The summed E-state index contributed by atoms with van der Waals surface area (Å²) in [5, 5.41) is 0. The highest BCUT2D eigenvalue weighted by Crippen LogP contribution is 2.37. The first kappa shape index (κ1) is 21.3. The SMILES string of the molecule is NC(N)=NCCCCN=c1nc(N)ccn1[C@H]1CC[C@@H](COP(=O)(O)O)O1. The number of unbranched alkanes of at least 4 members (excludes halogenated alkanes) is 1. The van der Waals surface area contributed by atoms with Gasteiger partial charge in [0.2, 0.25) is 5.62 Å². The van der Waals surface area contributed by atoms with Gasteiger partial charge < -0.3 is 31.7 Å². The summed E-state index contributed by atoms with van der Waals surface area (Å²) in [6, 6.07) is 1.64. The van der Waals surface area contributed by atoms with Crippen molar-refractivity contribution in [3.05, 3.63) is 17.9 Å². The van der Waals surface area contributed by atoms with Crippen LogP contribution in [0.15, 0.2) is 22.2 Å². The number of aromatic nitrogens is 2. The van der Waals surface area contributed by atoms with Gasteiger partial charge in [-0.05, 0) is 31.7 Å². The van der Waals surface area contributed by atoms with Gasteiger partial charge in [-0.3, -0.25) is 19.1 Å². The maximum Gasteiger partial charge on any atom is 0.469 e. The van der Waals surface area contributed by atoms with E-state index in [0.717, 1.165) is 12.8 Å². The number of phosphoric ester groups is 1. The summed E-state index contributed by atoms with van der Waals surface area (Å²) in [6.07, 6.45) is 3.75. The lowest BCUT2D eigenvalue weighted by Crippen LogP contribution is -2.29. The van der Waals surface area contributed by atoms with Crippen molar-refractivity contribution in [3.63, 3.8) is 0 Å². The lowest BCUT2D eigenvalue weighted by atomic mass is 10.2. The molecule has 8 N–H and O–H groups in total. The second-order valence-corrected chi connectivity index (χ2v) is 7.27. The molecule has 1 aromatic heterocycles. The molecule has 1 aliphatic rings. The Labute approximate surface area is 156 Å². The van der Waals surface area contributed by atoms with Crippen LogP contribution in [0.3, 0.4) is 0 Å². The average Bonchev–Trinajstić information content (AvgIpc) is 3.04. The highest BCUT2D eigenvalue weighted by atomic mass is 31.2.